The Hall–Kier alpha value is -1.43. The SMILES string of the molecule is CC1(c2noc(C3C(C(=O)O)C3(C)C)n2)CCCO1. The number of aliphatic carboxylic acids is 1. The van der Waals surface area contributed by atoms with E-state index in [0.29, 0.717) is 18.3 Å². The molecule has 1 saturated heterocycles. The van der Waals surface area contributed by atoms with Crippen LogP contribution in [0.5, 0.6) is 0 Å². The summed E-state index contributed by atoms with van der Waals surface area (Å²) in [6.45, 7) is 6.47. The van der Waals surface area contributed by atoms with Crippen molar-refractivity contribution >= 4 is 5.97 Å². The zero-order valence-electron chi connectivity index (χ0n) is 11.3. The van der Waals surface area contributed by atoms with Crippen molar-refractivity contribution in [1.29, 1.82) is 0 Å². The number of hydrogen-bond acceptors (Lipinski definition) is 5. The van der Waals surface area contributed by atoms with Crippen LogP contribution in [0.1, 0.15) is 51.2 Å². The van der Waals surface area contributed by atoms with Gasteiger partial charge in [0.15, 0.2) is 0 Å². The Morgan fingerprint density at radius 1 is 1.42 bits per heavy atom. The first-order valence-corrected chi connectivity index (χ1v) is 6.57. The van der Waals surface area contributed by atoms with Gasteiger partial charge >= 0.3 is 5.97 Å². The fourth-order valence-corrected chi connectivity index (χ4v) is 3.09. The van der Waals surface area contributed by atoms with E-state index >= 15 is 0 Å². The lowest BCUT2D eigenvalue weighted by Gasteiger charge is -2.17. The first-order valence-electron chi connectivity index (χ1n) is 6.57. The van der Waals surface area contributed by atoms with Crippen LogP contribution in [0, 0.1) is 11.3 Å². The number of carboxylic acid groups (broad SMARTS) is 1. The first-order chi connectivity index (χ1) is 8.86. The third kappa shape index (κ3) is 1.77. The van der Waals surface area contributed by atoms with Gasteiger partial charge in [-0.25, -0.2) is 0 Å². The monoisotopic (exact) mass is 266 g/mol. The van der Waals surface area contributed by atoms with Gasteiger partial charge in [-0.2, -0.15) is 4.98 Å². The summed E-state index contributed by atoms with van der Waals surface area (Å²) in [4.78, 5) is 15.6. The molecule has 6 heteroatoms. The Morgan fingerprint density at radius 3 is 2.68 bits per heavy atom. The maximum atomic E-state index is 11.2. The van der Waals surface area contributed by atoms with Crippen LogP contribution in [-0.4, -0.2) is 27.8 Å². The Labute approximate surface area is 111 Å². The van der Waals surface area contributed by atoms with E-state index in [0.717, 1.165) is 12.8 Å². The van der Waals surface area contributed by atoms with E-state index in [1.165, 1.54) is 0 Å². The summed E-state index contributed by atoms with van der Waals surface area (Å²) in [7, 11) is 0. The summed E-state index contributed by atoms with van der Waals surface area (Å²) >= 11 is 0. The fraction of sp³-hybridized carbons (Fsp3) is 0.769. The van der Waals surface area contributed by atoms with Gasteiger partial charge in [0.1, 0.15) is 5.60 Å². The highest BCUT2D eigenvalue weighted by Crippen LogP contribution is 2.64. The van der Waals surface area contributed by atoms with Crippen molar-refractivity contribution in [3.05, 3.63) is 11.7 Å². The molecule has 3 unspecified atom stereocenters. The van der Waals surface area contributed by atoms with E-state index in [-0.39, 0.29) is 11.3 Å². The molecule has 1 saturated carbocycles. The van der Waals surface area contributed by atoms with Crippen molar-refractivity contribution in [2.75, 3.05) is 6.61 Å². The third-order valence-electron chi connectivity index (χ3n) is 4.49. The topological polar surface area (TPSA) is 85.5 Å². The quantitative estimate of drug-likeness (QED) is 0.899. The lowest BCUT2D eigenvalue weighted by atomic mass is 10.0. The maximum Gasteiger partial charge on any atom is 0.307 e. The van der Waals surface area contributed by atoms with Crippen LogP contribution in [0.15, 0.2) is 4.52 Å². The minimum Gasteiger partial charge on any atom is -0.481 e. The second-order valence-corrected chi connectivity index (χ2v) is 6.25. The summed E-state index contributed by atoms with van der Waals surface area (Å²) in [5, 5.41) is 13.2. The van der Waals surface area contributed by atoms with Crippen molar-refractivity contribution in [3.8, 4) is 0 Å². The van der Waals surface area contributed by atoms with Crippen molar-refractivity contribution in [3.63, 3.8) is 0 Å². The summed E-state index contributed by atoms with van der Waals surface area (Å²) in [6, 6.07) is 0. The zero-order chi connectivity index (χ0) is 13.8. The highest BCUT2D eigenvalue weighted by atomic mass is 16.5. The van der Waals surface area contributed by atoms with Gasteiger partial charge in [-0.05, 0) is 25.2 Å². The van der Waals surface area contributed by atoms with Crippen molar-refractivity contribution in [2.45, 2.75) is 45.1 Å². The Balaban J connectivity index is 1.85. The molecule has 0 spiro atoms. The molecule has 0 radical (unpaired) electrons. The van der Waals surface area contributed by atoms with Crippen LogP contribution in [-0.2, 0) is 15.1 Å². The number of aromatic nitrogens is 2. The first kappa shape index (κ1) is 12.6. The molecule has 1 aromatic heterocycles. The minimum atomic E-state index is -0.807. The highest BCUT2D eigenvalue weighted by Gasteiger charge is 2.65. The van der Waals surface area contributed by atoms with E-state index in [9.17, 15) is 9.90 Å². The standard InChI is InChI=1S/C13H18N2O4/c1-12(2)7(8(12)10(16)17)9-14-11(15-19-9)13(3)5-4-6-18-13/h7-8H,4-6H2,1-3H3,(H,16,17). The van der Waals surface area contributed by atoms with E-state index in [2.05, 4.69) is 10.1 Å². The Kier molecular flexibility index (Phi) is 2.51. The second kappa shape index (κ2) is 3.79. The lowest BCUT2D eigenvalue weighted by Crippen LogP contribution is -2.21. The number of ether oxygens (including phenoxy) is 1. The van der Waals surface area contributed by atoms with E-state index in [1.54, 1.807) is 0 Å². The average Bonchev–Trinajstić information content (AvgIpc) is 2.78. The smallest absolute Gasteiger partial charge is 0.307 e. The predicted octanol–water partition coefficient (Wildman–Crippen LogP) is 1.92. The predicted molar refractivity (Wildman–Crippen MR) is 64.5 cm³/mol. The molecule has 0 amide bonds. The molecule has 2 fully saturated rings. The van der Waals surface area contributed by atoms with Crippen LogP contribution in [0.25, 0.3) is 0 Å². The zero-order valence-corrected chi connectivity index (χ0v) is 11.3. The average molecular weight is 266 g/mol. The molecule has 1 N–H and O–H groups in total. The molecule has 104 valence electrons. The molecule has 0 aromatic carbocycles. The summed E-state index contributed by atoms with van der Waals surface area (Å²) in [6.07, 6.45) is 1.84. The maximum absolute atomic E-state index is 11.2. The molecule has 2 heterocycles. The molecule has 6 nitrogen and oxygen atoms in total. The number of carbonyl (C=O) groups is 1. The minimum absolute atomic E-state index is 0.198. The molecule has 1 aliphatic carbocycles. The number of rotatable bonds is 3. The molecule has 1 aliphatic heterocycles. The Morgan fingerprint density at radius 2 is 2.16 bits per heavy atom. The Bertz CT molecular complexity index is 516. The molecule has 19 heavy (non-hydrogen) atoms. The summed E-state index contributed by atoms with van der Waals surface area (Å²) < 4.78 is 10.9. The van der Waals surface area contributed by atoms with Gasteiger partial charge in [0.2, 0.25) is 11.7 Å². The van der Waals surface area contributed by atoms with Gasteiger partial charge in [-0.15, -0.1) is 0 Å². The molecule has 3 atom stereocenters. The van der Waals surface area contributed by atoms with E-state index < -0.39 is 17.5 Å². The van der Waals surface area contributed by atoms with Crippen LogP contribution < -0.4 is 0 Å². The molecular formula is C13H18N2O4. The summed E-state index contributed by atoms with van der Waals surface area (Å²) in [5.41, 5.74) is -0.813. The van der Waals surface area contributed by atoms with Crippen molar-refractivity contribution in [1.82, 2.24) is 10.1 Å². The summed E-state index contributed by atoms with van der Waals surface area (Å²) in [5.74, 6) is -0.497. The van der Waals surface area contributed by atoms with Crippen LogP contribution in [0.3, 0.4) is 0 Å². The fourth-order valence-electron chi connectivity index (χ4n) is 3.09. The van der Waals surface area contributed by atoms with Crippen molar-refractivity contribution in [2.24, 2.45) is 11.3 Å². The van der Waals surface area contributed by atoms with E-state index in [1.807, 2.05) is 20.8 Å². The molecular weight excluding hydrogens is 248 g/mol. The van der Waals surface area contributed by atoms with Crippen LogP contribution in [0.4, 0.5) is 0 Å². The second-order valence-electron chi connectivity index (χ2n) is 6.25. The highest BCUT2D eigenvalue weighted by molar-refractivity contribution is 5.77. The van der Waals surface area contributed by atoms with Gasteiger partial charge in [-0.1, -0.05) is 19.0 Å². The largest absolute Gasteiger partial charge is 0.481 e. The van der Waals surface area contributed by atoms with Gasteiger partial charge in [0, 0.05) is 6.61 Å². The normalized spacial score (nSPS) is 36.4. The molecule has 3 rings (SSSR count). The number of hydrogen-bond donors (Lipinski definition) is 1. The third-order valence-corrected chi connectivity index (χ3v) is 4.49. The number of carboxylic acids is 1. The van der Waals surface area contributed by atoms with E-state index in [4.69, 9.17) is 9.26 Å². The van der Waals surface area contributed by atoms with Gasteiger partial charge in [0.25, 0.3) is 0 Å². The van der Waals surface area contributed by atoms with Crippen LogP contribution >= 0.6 is 0 Å². The van der Waals surface area contributed by atoms with Crippen LogP contribution in [0.2, 0.25) is 0 Å². The van der Waals surface area contributed by atoms with Crippen molar-refractivity contribution < 1.29 is 19.2 Å². The van der Waals surface area contributed by atoms with Gasteiger partial charge in [-0.3, -0.25) is 4.79 Å². The number of nitrogens with zero attached hydrogens (tertiary/aromatic N) is 2. The van der Waals surface area contributed by atoms with Gasteiger partial charge < -0.3 is 14.4 Å². The van der Waals surface area contributed by atoms with Gasteiger partial charge in [0.05, 0.1) is 11.8 Å². The molecule has 2 aliphatic rings. The molecule has 0 bridgehead atoms. The molecule has 1 aromatic rings. The lowest BCUT2D eigenvalue weighted by molar-refractivity contribution is -0.139.